The molecule has 0 aromatic heterocycles. The average molecular weight is 129 g/mol. The Labute approximate surface area is 56.8 Å². The summed E-state index contributed by atoms with van der Waals surface area (Å²) in [5.74, 6) is 0. The predicted molar refractivity (Wildman–Crippen MR) is 37.5 cm³/mol. The van der Waals surface area contributed by atoms with E-state index in [0.717, 1.165) is 19.8 Å². The summed E-state index contributed by atoms with van der Waals surface area (Å²) in [7, 11) is 0. The molecule has 0 radical (unpaired) electrons. The Hall–Kier alpha value is -0.0800. The first-order chi connectivity index (χ1) is 4.43. The highest BCUT2D eigenvalue weighted by atomic mass is 16.5. The molecule has 0 spiro atoms. The van der Waals surface area contributed by atoms with Crippen LogP contribution >= 0.6 is 0 Å². The third kappa shape index (κ3) is 2.33. The van der Waals surface area contributed by atoms with Crippen molar-refractivity contribution in [2.75, 3.05) is 32.8 Å². The molecule has 0 aromatic rings. The van der Waals surface area contributed by atoms with Crippen LogP contribution in [0.3, 0.4) is 0 Å². The molecule has 0 N–H and O–H groups in total. The first-order valence-electron chi connectivity index (χ1n) is 3.73. The molecule has 0 atom stereocenters. The molecule has 1 aliphatic heterocycles. The van der Waals surface area contributed by atoms with Crippen LogP contribution in [-0.4, -0.2) is 37.7 Å². The Morgan fingerprint density at radius 3 is 3.00 bits per heavy atom. The second-order valence-electron chi connectivity index (χ2n) is 2.40. The molecular weight excluding hydrogens is 114 g/mol. The number of ether oxygens (including phenoxy) is 1. The van der Waals surface area contributed by atoms with Gasteiger partial charge in [0.05, 0.1) is 6.61 Å². The zero-order chi connectivity index (χ0) is 6.53. The minimum absolute atomic E-state index is 0.924. The fourth-order valence-electron chi connectivity index (χ4n) is 1.11. The van der Waals surface area contributed by atoms with E-state index in [2.05, 4.69) is 11.8 Å². The van der Waals surface area contributed by atoms with Gasteiger partial charge in [0, 0.05) is 19.7 Å². The van der Waals surface area contributed by atoms with Crippen LogP contribution in [0.25, 0.3) is 0 Å². The number of likely N-dealkylation sites (N-methyl/N-ethyl adjacent to an activating group) is 1. The summed E-state index contributed by atoms with van der Waals surface area (Å²) >= 11 is 0. The van der Waals surface area contributed by atoms with Gasteiger partial charge in [-0.1, -0.05) is 6.92 Å². The second kappa shape index (κ2) is 3.85. The Balaban J connectivity index is 2.18. The summed E-state index contributed by atoms with van der Waals surface area (Å²) in [5.41, 5.74) is 0. The van der Waals surface area contributed by atoms with Gasteiger partial charge < -0.3 is 9.64 Å². The van der Waals surface area contributed by atoms with Crippen molar-refractivity contribution < 1.29 is 4.74 Å². The number of nitrogens with zero attached hydrogens (tertiary/aromatic N) is 1. The van der Waals surface area contributed by atoms with Crippen molar-refractivity contribution in [2.24, 2.45) is 0 Å². The molecule has 9 heavy (non-hydrogen) atoms. The quantitative estimate of drug-likeness (QED) is 0.517. The van der Waals surface area contributed by atoms with Crippen molar-refractivity contribution in [1.82, 2.24) is 4.90 Å². The summed E-state index contributed by atoms with van der Waals surface area (Å²) < 4.78 is 5.28. The molecule has 0 amide bonds. The van der Waals surface area contributed by atoms with Crippen LogP contribution < -0.4 is 0 Å². The fraction of sp³-hybridized carbons (Fsp3) is 1.00. The zero-order valence-electron chi connectivity index (χ0n) is 6.10. The van der Waals surface area contributed by atoms with Crippen LogP contribution in [0.1, 0.15) is 13.3 Å². The van der Waals surface area contributed by atoms with Crippen molar-refractivity contribution in [2.45, 2.75) is 13.3 Å². The Morgan fingerprint density at radius 1 is 1.33 bits per heavy atom. The van der Waals surface area contributed by atoms with Gasteiger partial charge in [0.2, 0.25) is 0 Å². The van der Waals surface area contributed by atoms with Gasteiger partial charge in [-0.15, -0.1) is 0 Å². The standard InChI is InChI=1S/C7H15NO/c1-2-8-4-3-6-9-7-5-8/h2-7H2,1H3. The van der Waals surface area contributed by atoms with Gasteiger partial charge in [-0.05, 0) is 13.0 Å². The zero-order valence-corrected chi connectivity index (χ0v) is 6.10. The van der Waals surface area contributed by atoms with Crippen molar-refractivity contribution in [3.05, 3.63) is 0 Å². The first-order valence-corrected chi connectivity index (χ1v) is 3.73. The molecule has 0 aromatic carbocycles. The summed E-state index contributed by atoms with van der Waals surface area (Å²) in [6.07, 6.45) is 1.20. The van der Waals surface area contributed by atoms with E-state index in [0.29, 0.717) is 0 Å². The number of hydrogen-bond acceptors (Lipinski definition) is 2. The molecule has 1 fully saturated rings. The highest BCUT2D eigenvalue weighted by Crippen LogP contribution is 1.96. The fourth-order valence-corrected chi connectivity index (χ4v) is 1.11. The molecule has 2 heteroatoms. The van der Waals surface area contributed by atoms with E-state index in [1.165, 1.54) is 19.5 Å². The molecular formula is C7H15NO. The summed E-state index contributed by atoms with van der Waals surface area (Å²) in [6, 6.07) is 0. The van der Waals surface area contributed by atoms with E-state index in [9.17, 15) is 0 Å². The monoisotopic (exact) mass is 129 g/mol. The van der Waals surface area contributed by atoms with E-state index in [4.69, 9.17) is 4.74 Å². The lowest BCUT2D eigenvalue weighted by atomic mass is 10.4. The normalized spacial score (nSPS) is 23.7. The molecule has 1 heterocycles. The summed E-state index contributed by atoms with van der Waals surface area (Å²) in [4.78, 5) is 2.42. The average Bonchev–Trinajstić information content (AvgIpc) is 2.13. The van der Waals surface area contributed by atoms with Gasteiger partial charge in [-0.25, -0.2) is 0 Å². The predicted octanol–water partition coefficient (Wildman–Crippen LogP) is 0.729. The van der Waals surface area contributed by atoms with E-state index in [1.807, 2.05) is 0 Å². The lowest BCUT2D eigenvalue weighted by Crippen LogP contribution is -2.25. The van der Waals surface area contributed by atoms with Gasteiger partial charge in [0.1, 0.15) is 0 Å². The Morgan fingerprint density at radius 2 is 2.22 bits per heavy atom. The minimum atomic E-state index is 0.924. The van der Waals surface area contributed by atoms with Crippen LogP contribution in [0.4, 0.5) is 0 Å². The van der Waals surface area contributed by atoms with Crippen molar-refractivity contribution in [3.8, 4) is 0 Å². The smallest absolute Gasteiger partial charge is 0.0593 e. The number of rotatable bonds is 1. The molecule has 0 unspecified atom stereocenters. The van der Waals surface area contributed by atoms with E-state index < -0.39 is 0 Å². The highest BCUT2D eigenvalue weighted by molar-refractivity contribution is 4.57. The van der Waals surface area contributed by atoms with Crippen molar-refractivity contribution >= 4 is 0 Å². The van der Waals surface area contributed by atoms with E-state index in [1.54, 1.807) is 0 Å². The maximum absolute atomic E-state index is 5.28. The van der Waals surface area contributed by atoms with Gasteiger partial charge in [0.25, 0.3) is 0 Å². The van der Waals surface area contributed by atoms with Gasteiger partial charge in [-0.2, -0.15) is 0 Å². The van der Waals surface area contributed by atoms with Gasteiger partial charge in [-0.3, -0.25) is 0 Å². The molecule has 0 bridgehead atoms. The molecule has 1 rings (SSSR count). The molecule has 2 nitrogen and oxygen atoms in total. The third-order valence-electron chi connectivity index (χ3n) is 1.76. The lowest BCUT2D eigenvalue weighted by molar-refractivity contribution is 0.142. The largest absolute Gasteiger partial charge is 0.380 e. The van der Waals surface area contributed by atoms with E-state index >= 15 is 0 Å². The summed E-state index contributed by atoms with van der Waals surface area (Å²) in [5, 5.41) is 0. The minimum Gasteiger partial charge on any atom is -0.380 e. The SMILES string of the molecule is CCN1CCCOCC1. The number of hydrogen-bond donors (Lipinski definition) is 0. The van der Waals surface area contributed by atoms with Gasteiger partial charge >= 0.3 is 0 Å². The Kier molecular flexibility index (Phi) is 3.01. The second-order valence-corrected chi connectivity index (χ2v) is 2.40. The molecule has 0 aliphatic carbocycles. The molecule has 0 saturated carbocycles. The van der Waals surface area contributed by atoms with Crippen molar-refractivity contribution in [1.29, 1.82) is 0 Å². The van der Waals surface area contributed by atoms with Crippen LogP contribution in [-0.2, 0) is 4.74 Å². The lowest BCUT2D eigenvalue weighted by Gasteiger charge is -2.14. The van der Waals surface area contributed by atoms with Crippen LogP contribution in [0.15, 0.2) is 0 Å². The van der Waals surface area contributed by atoms with E-state index in [-0.39, 0.29) is 0 Å². The first kappa shape index (κ1) is 7.03. The van der Waals surface area contributed by atoms with Crippen LogP contribution in [0.2, 0.25) is 0 Å². The Bertz CT molecular complexity index is 67.3. The molecule has 54 valence electrons. The highest BCUT2D eigenvalue weighted by Gasteiger charge is 2.04. The van der Waals surface area contributed by atoms with Crippen LogP contribution in [0, 0.1) is 0 Å². The molecule has 1 saturated heterocycles. The van der Waals surface area contributed by atoms with Crippen molar-refractivity contribution in [3.63, 3.8) is 0 Å². The maximum Gasteiger partial charge on any atom is 0.0593 e. The summed E-state index contributed by atoms with van der Waals surface area (Å²) in [6.45, 7) is 7.59. The molecule has 1 aliphatic rings. The topological polar surface area (TPSA) is 12.5 Å². The van der Waals surface area contributed by atoms with Crippen LogP contribution in [0.5, 0.6) is 0 Å². The van der Waals surface area contributed by atoms with Gasteiger partial charge in [0.15, 0.2) is 0 Å². The maximum atomic E-state index is 5.28. The third-order valence-corrected chi connectivity index (χ3v) is 1.76.